The van der Waals surface area contributed by atoms with Crippen LogP contribution in [0.5, 0.6) is 0 Å². The Hall–Kier alpha value is -0.0800. The number of aliphatic hydroxyl groups is 1. The Morgan fingerprint density at radius 1 is 1.05 bits per heavy atom. The van der Waals surface area contributed by atoms with Crippen LogP contribution in [0.4, 0.5) is 0 Å². The van der Waals surface area contributed by atoms with Gasteiger partial charge < -0.3 is 9.84 Å². The summed E-state index contributed by atoms with van der Waals surface area (Å²) in [6.45, 7) is 5.64. The van der Waals surface area contributed by atoms with E-state index in [0.29, 0.717) is 11.8 Å². The number of ether oxygens (including phenoxy) is 1. The van der Waals surface area contributed by atoms with Gasteiger partial charge in [0.2, 0.25) is 0 Å². The van der Waals surface area contributed by atoms with Gasteiger partial charge in [0.1, 0.15) is 0 Å². The molecular formula is C19H34O2. The van der Waals surface area contributed by atoms with E-state index < -0.39 is 0 Å². The predicted octanol–water partition coefficient (Wildman–Crippen LogP) is 4.55. The van der Waals surface area contributed by atoms with Gasteiger partial charge in [0.15, 0.2) is 0 Å². The first-order valence-corrected chi connectivity index (χ1v) is 9.42. The van der Waals surface area contributed by atoms with E-state index in [1.807, 2.05) is 0 Å². The maximum Gasteiger partial charge on any atom is 0.0685 e. The molecule has 0 radical (unpaired) electrons. The standard InChI is InChI=1S/C19H34O2/c1-14(2)15-6-7-18(20)17(12-15)16-8-11-21-19(13-16)9-4-3-5-10-19/h14-18,20H,3-13H2,1-2H3. The van der Waals surface area contributed by atoms with Crippen molar-refractivity contribution in [3.05, 3.63) is 0 Å². The van der Waals surface area contributed by atoms with E-state index >= 15 is 0 Å². The molecule has 0 amide bonds. The molecule has 4 unspecified atom stereocenters. The van der Waals surface area contributed by atoms with E-state index in [1.54, 1.807) is 0 Å². The second kappa shape index (κ2) is 6.58. The van der Waals surface area contributed by atoms with Gasteiger partial charge in [0.05, 0.1) is 11.7 Å². The van der Waals surface area contributed by atoms with Crippen LogP contribution in [-0.4, -0.2) is 23.4 Å². The van der Waals surface area contributed by atoms with Gasteiger partial charge in [-0.2, -0.15) is 0 Å². The normalized spacial score (nSPS) is 40.6. The van der Waals surface area contributed by atoms with Gasteiger partial charge in [0, 0.05) is 6.61 Å². The molecule has 2 aliphatic carbocycles. The lowest BCUT2D eigenvalue weighted by Crippen LogP contribution is -2.46. The maximum absolute atomic E-state index is 10.6. The summed E-state index contributed by atoms with van der Waals surface area (Å²) in [6, 6.07) is 0. The average Bonchev–Trinajstić information content (AvgIpc) is 2.48. The molecule has 3 fully saturated rings. The second-order valence-corrected chi connectivity index (χ2v) is 8.39. The summed E-state index contributed by atoms with van der Waals surface area (Å²) in [5.41, 5.74) is 0.186. The lowest BCUT2D eigenvalue weighted by molar-refractivity contribution is -0.138. The molecule has 0 aromatic rings. The number of rotatable bonds is 2. The summed E-state index contributed by atoms with van der Waals surface area (Å²) in [4.78, 5) is 0. The third kappa shape index (κ3) is 3.47. The first-order chi connectivity index (χ1) is 10.1. The molecule has 3 aliphatic rings. The maximum atomic E-state index is 10.6. The van der Waals surface area contributed by atoms with E-state index in [1.165, 1.54) is 57.8 Å². The molecule has 0 bridgehead atoms. The zero-order valence-electron chi connectivity index (χ0n) is 14.0. The van der Waals surface area contributed by atoms with Crippen LogP contribution in [0.3, 0.4) is 0 Å². The van der Waals surface area contributed by atoms with Crippen LogP contribution in [0.15, 0.2) is 0 Å². The van der Waals surface area contributed by atoms with Gasteiger partial charge in [-0.05, 0) is 68.6 Å². The summed E-state index contributed by atoms with van der Waals surface area (Å²) in [5, 5.41) is 10.6. The van der Waals surface area contributed by atoms with Crippen molar-refractivity contribution in [3.63, 3.8) is 0 Å². The zero-order chi connectivity index (χ0) is 14.9. The van der Waals surface area contributed by atoms with Gasteiger partial charge in [-0.1, -0.05) is 33.1 Å². The fraction of sp³-hybridized carbons (Fsp3) is 1.00. The highest BCUT2D eigenvalue weighted by molar-refractivity contribution is 4.94. The number of hydrogen-bond donors (Lipinski definition) is 1. The minimum Gasteiger partial charge on any atom is -0.393 e. The highest BCUT2D eigenvalue weighted by atomic mass is 16.5. The molecule has 1 heterocycles. The van der Waals surface area contributed by atoms with Crippen LogP contribution in [0, 0.1) is 23.7 Å². The Bertz CT molecular complexity index is 327. The lowest BCUT2D eigenvalue weighted by atomic mass is 9.65. The Morgan fingerprint density at radius 3 is 2.52 bits per heavy atom. The quantitative estimate of drug-likeness (QED) is 0.809. The van der Waals surface area contributed by atoms with Gasteiger partial charge in [-0.3, -0.25) is 0 Å². The second-order valence-electron chi connectivity index (χ2n) is 8.39. The molecule has 1 aliphatic heterocycles. The average molecular weight is 294 g/mol. The van der Waals surface area contributed by atoms with Crippen LogP contribution in [0.25, 0.3) is 0 Å². The molecule has 4 atom stereocenters. The third-order valence-corrected chi connectivity index (χ3v) is 6.75. The van der Waals surface area contributed by atoms with Crippen LogP contribution >= 0.6 is 0 Å². The van der Waals surface area contributed by atoms with E-state index in [0.717, 1.165) is 24.9 Å². The molecule has 122 valence electrons. The van der Waals surface area contributed by atoms with Crippen molar-refractivity contribution in [2.45, 2.75) is 89.8 Å². The Kier molecular flexibility index (Phi) is 4.95. The van der Waals surface area contributed by atoms with E-state index in [4.69, 9.17) is 4.74 Å². The summed E-state index contributed by atoms with van der Waals surface area (Å²) in [7, 11) is 0. The van der Waals surface area contributed by atoms with Gasteiger partial charge in [-0.15, -0.1) is 0 Å². The summed E-state index contributed by atoms with van der Waals surface area (Å²) >= 11 is 0. The largest absolute Gasteiger partial charge is 0.393 e. The van der Waals surface area contributed by atoms with Crippen molar-refractivity contribution in [2.24, 2.45) is 23.7 Å². The monoisotopic (exact) mass is 294 g/mol. The highest BCUT2D eigenvalue weighted by Crippen LogP contribution is 2.47. The SMILES string of the molecule is CC(C)C1CCC(O)C(C2CCOC3(CCCCC3)C2)C1. The Labute approximate surface area is 130 Å². The molecule has 21 heavy (non-hydrogen) atoms. The van der Waals surface area contributed by atoms with E-state index in [-0.39, 0.29) is 11.7 Å². The zero-order valence-corrected chi connectivity index (χ0v) is 14.0. The van der Waals surface area contributed by atoms with Crippen molar-refractivity contribution < 1.29 is 9.84 Å². The van der Waals surface area contributed by atoms with Gasteiger partial charge >= 0.3 is 0 Å². The van der Waals surface area contributed by atoms with Crippen molar-refractivity contribution in [1.82, 2.24) is 0 Å². The fourth-order valence-electron chi connectivity index (χ4n) is 5.31. The first kappa shape index (κ1) is 15.8. The van der Waals surface area contributed by atoms with Crippen LogP contribution in [0.2, 0.25) is 0 Å². The minimum absolute atomic E-state index is 0.0521. The van der Waals surface area contributed by atoms with Crippen LogP contribution in [0.1, 0.15) is 78.1 Å². The molecular weight excluding hydrogens is 260 g/mol. The first-order valence-electron chi connectivity index (χ1n) is 9.42. The van der Waals surface area contributed by atoms with Crippen molar-refractivity contribution in [2.75, 3.05) is 6.61 Å². The Balaban J connectivity index is 1.66. The highest BCUT2D eigenvalue weighted by Gasteiger charge is 2.44. The fourth-order valence-corrected chi connectivity index (χ4v) is 5.31. The lowest BCUT2D eigenvalue weighted by Gasteiger charge is -2.48. The molecule has 0 aromatic carbocycles. The van der Waals surface area contributed by atoms with Crippen molar-refractivity contribution in [1.29, 1.82) is 0 Å². The summed E-state index contributed by atoms with van der Waals surface area (Å²) < 4.78 is 6.26. The molecule has 2 heteroatoms. The van der Waals surface area contributed by atoms with E-state index in [2.05, 4.69) is 13.8 Å². The van der Waals surface area contributed by atoms with Crippen molar-refractivity contribution in [3.8, 4) is 0 Å². The number of aliphatic hydroxyl groups excluding tert-OH is 1. The van der Waals surface area contributed by atoms with Crippen LogP contribution < -0.4 is 0 Å². The van der Waals surface area contributed by atoms with Gasteiger partial charge in [0.25, 0.3) is 0 Å². The molecule has 2 nitrogen and oxygen atoms in total. The predicted molar refractivity (Wildman–Crippen MR) is 86.2 cm³/mol. The Morgan fingerprint density at radius 2 is 1.81 bits per heavy atom. The third-order valence-electron chi connectivity index (χ3n) is 6.75. The van der Waals surface area contributed by atoms with Gasteiger partial charge in [-0.25, -0.2) is 0 Å². The molecule has 3 rings (SSSR count). The molecule has 1 N–H and O–H groups in total. The molecule has 0 aromatic heterocycles. The van der Waals surface area contributed by atoms with Crippen LogP contribution in [-0.2, 0) is 4.74 Å². The molecule has 1 saturated heterocycles. The minimum atomic E-state index is -0.0521. The number of hydrogen-bond acceptors (Lipinski definition) is 2. The summed E-state index contributed by atoms with van der Waals surface area (Å²) in [6.07, 6.45) is 12.4. The summed E-state index contributed by atoms with van der Waals surface area (Å²) in [5.74, 6) is 2.83. The van der Waals surface area contributed by atoms with E-state index in [9.17, 15) is 5.11 Å². The topological polar surface area (TPSA) is 29.5 Å². The smallest absolute Gasteiger partial charge is 0.0685 e. The molecule has 2 saturated carbocycles. The van der Waals surface area contributed by atoms with Crippen molar-refractivity contribution >= 4 is 0 Å². The molecule has 1 spiro atoms.